The van der Waals surface area contributed by atoms with E-state index in [0.717, 1.165) is 23.7 Å². The summed E-state index contributed by atoms with van der Waals surface area (Å²) in [6, 6.07) is 3.74. The summed E-state index contributed by atoms with van der Waals surface area (Å²) in [6.07, 6.45) is -4.76. The van der Waals surface area contributed by atoms with E-state index in [1.165, 1.54) is 0 Å². The molecular weight excluding hydrogens is 325 g/mol. The molecule has 1 aromatic carbocycles. The van der Waals surface area contributed by atoms with Gasteiger partial charge in [0, 0.05) is 12.7 Å². The minimum atomic E-state index is -4.76. The van der Waals surface area contributed by atoms with Gasteiger partial charge in [-0.2, -0.15) is 13.2 Å². The average molecular weight is 342 g/mol. The van der Waals surface area contributed by atoms with E-state index in [4.69, 9.17) is 0 Å². The van der Waals surface area contributed by atoms with Gasteiger partial charge in [0.25, 0.3) is 0 Å². The number of hydrogen-bond acceptors (Lipinski definition) is 3. The van der Waals surface area contributed by atoms with Crippen LogP contribution in [0.25, 0.3) is 0 Å². The van der Waals surface area contributed by atoms with Crippen molar-refractivity contribution in [2.75, 3.05) is 5.32 Å². The van der Waals surface area contributed by atoms with Gasteiger partial charge in [0.1, 0.15) is 6.54 Å². The zero-order chi connectivity index (χ0) is 18.2. The number of benzene rings is 1. The summed E-state index contributed by atoms with van der Waals surface area (Å²) < 4.78 is 39.1. The molecule has 1 N–H and O–H groups in total. The van der Waals surface area contributed by atoms with Crippen LogP contribution in [0, 0.1) is 20.8 Å². The summed E-state index contributed by atoms with van der Waals surface area (Å²) in [6.45, 7) is 4.93. The van der Waals surface area contributed by atoms with Crippen molar-refractivity contribution in [2.45, 2.75) is 33.5 Å². The number of amides is 1. The minimum Gasteiger partial charge on any atom is -0.324 e. The maximum atomic E-state index is 12.7. The normalized spacial score (nSPS) is 11.6. The Balaban J connectivity index is 2.24. The summed E-state index contributed by atoms with van der Waals surface area (Å²) in [4.78, 5) is 23.9. The van der Waals surface area contributed by atoms with E-state index in [1.54, 1.807) is 0 Å². The van der Waals surface area contributed by atoms with E-state index >= 15 is 0 Å². The molecular formula is C15H17F3N4O2. The highest BCUT2D eigenvalue weighted by molar-refractivity contribution is 5.92. The Bertz CT molecular complexity index is 826. The molecule has 130 valence electrons. The van der Waals surface area contributed by atoms with E-state index in [-0.39, 0.29) is 0 Å². The fourth-order valence-corrected chi connectivity index (χ4v) is 2.53. The predicted octanol–water partition coefficient (Wildman–Crippen LogP) is 2.16. The van der Waals surface area contributed by atoms with Crippen molar-refractivity contribution in [3.8, 4) is 0 Å². The van der Waals surface area contributed by atoms with Crippen LogP contribution in [0.2, 0.25) is 0 Å². The zero-order valence-corrected chi connectivity index (χ0v) is 13.7. The molecule has 0 spiro atoms. The number of anilines is 1. The topological polar surface area (TPSA) is 68.9 Å². The van der Waals surface area contributed by atoms with E-state index in [9.17, 15) is 22.8 Å². The van der Waals surface area contributed by atoms with Crippen molar-refractivity contribution >= 4 is 11.6 Å². The van der Waals surface area contributed by atoms with Gasteiger partial charge in [-0.05, 0) is 31.9 Å². The quantitative estimate of drug-likeness (QED) is 0.929. The third-order valence-electron chi connectivity index (χ3n) is 3.53. The first-order chi connectivity index (χ1) is 11.0. The lowest BCUT2D eigenvalue weighted by Crippen LogP contribution is -2.29. The van der Waals surface area contributed by atoms with Crippen LogP contribution in [0.4, 0.5) is 18.9 Å². The largest absolute Gasteiger partial charge is 0.451 e. The molecule has 0 unspecified atom stereocenters. The maximum absolute atomic E-state index is 12.7. The molecule has 0 atom stereocenters. The molecule has 9 heteroatoms. The molecule has 1 aromatic heterocycles. The third-order valence-corrected chi connectivity index (χ3v) is 3.53. The molecule has 0 radical (unpaired) electrons. The van der Waals surface area contributed by atoms with Gasteiger partial charge in [0.15, 0.2) is 0 Å². The Morgan fingerprint density at radius 3 is 2.21 bits per heavy atom. The van der Waals surface area contributed by atoms with Gasteiger partial charge in [-0.15, -0.1) is 5.10 Å². The second-order valence-corrected chi connectivity index (χ2v) is 5.64. The van der Waals surface area contributed by atoms with Crippen LogP contribution >= 0.6 is 0 Å². The number of carbonyl (C=O) groups is 1. The second kappa shape index (κ2) is 6.14. The molecule has 0 aliphatic carbocycles. The molecule has 0 aliphatic heterocycles. The fourth-order valence-electron chi connectivity index (χ4n) is 2.53. The van der Waals surface area contributed by atoms with Gasteiger partial charge in [0.2, 0.25) is 11.7 Å². The van der Waals surface area contributed by atoms with Gasteiger partial charge >= 0.3 is 11.9 Å². The van der Waals surface area contributed by atoms with Gasteiger partial charge in [-0.25, -0.2) is 9.48 Å². The number of nitrogens with zero attached hydrogens (tertiary/aromatic N) is 3. The number of aromatic nitrogens is 3. The van der Waals surface area contributed by atoms with Crippen molar-refractivity contribution in [1.82, 2.24) is 14.3 Å². The summed E-state index contributed by atoms with van der Waals surface area (Å²) in [5.74, 6) is -1.97. The monoisotopic (exact) mass is 342 g/mol. The van der Waals surface area contributed by atoms with Crippen molar-refractivity contribution < 1.29 is 18.0 Å². The summed E-state index contributed by atoms with van der Waals surface area (Å²) in [7, 11) is 0.959. The van der Waals surface area contributed by atoms with Crippen LogP contribution in [-0.2, 0) is 24.6 Å². The number of carbonyl (C=O) groups excluding carboxylic acids is 1. The Hall–Kier alpha value is -2.58. The molecule has 2 rings (SSSR count). The van der Waals surface area contributed by atoms with Crippen LogP contribution < -0.4 is 11.0 Å². The van der Waals surface area contributed by atoms with E-state index < -0.39 is 30.1 Å². The Kier molecular flexibility index (Phi) is 4.54. The van der Waals surface area contributed by atoms with Crippen LogP contribution in [0.5, 0.6) is 0 Å². The molecule has 0 saturated heterocycles. The van der Waals surface area contributed by atoms with Crippen molar-refractivity contribution in [3.05, 3.63) is 45.1 Å². The lowest BCUT2D eigenvalue weighted by molar-refractivity contribution is -0.147. The molecule has 6 nitrogen and oxygen atoms in total. The van der Waals surface area contributed by atoms with E-state index in [1.807, 2.05) is 32.9 Å². The average Bonchev–Trinajstić information content (AvgIpc) is 2.71. The summed E-state index contributed by atoms with van der Waals surface area (Å²) in [5.41, 5.74) is 2.25. The third kappa shape index (κ3) is 3.50. The van der Waals surface area contributed by atoms with Crippen molar-refractivity contribution in [3.63, 3.8) is 0 Å². The number of rotatable bonds is 3. The SMILES string of the molecule is Cc1cc(C)c(NC(=O)Cn2nc(C(F)(F)F)n(C)c2=O)c(C)c1. The molecule has 2 aromatic rings. The Morgan fingerprint density at radius 2 is 1.75 bits per heavy atom. The lowest BCUT2D eigenvalue weighted by atomic mass is 10.1. The molecule has 1 heterocycles. The van der Waals surface area contributed by atoms with Crippen molar-refractivity contribution in [1.29, 1.82) is 0 Å². The number of aryl methyl sites for hydroxylation is 3. The van der Waals surface area contributed by atoms with Gasteiger partial charge < -0.3 is 5.32 Å². The molecule has 0 bridgehead atoms. The van der Waals surface area contributed by atoms with E-state index in [2.05, 4.69) is 10.4 Å². The van der Waals surface area contributed by atoms with Crippen LogP contribution in [0.3, 0.4) is 0 Å². The highest BCUT2D eigenvalue weighted by Gasteiger charge is 2.38. The highest BCUT2D eigenvalue weighted by atomic mass is 19.4. The first kappa shape index (κ1) is 17.8. The fraction of sp³-hybridized carbons (Fsp3) is 0.400. The molecule has 0 saturated carbocycles. The molecule has 0 aliphatic rings. The first-order valence-electron chi connectivity index (χ1n) is 7.09. The minimum absolute atomic E-state index is 0.371. The number of nitrogens with one attached hydrogen (secondary N) is 1. The van der Waals surface area contributed by atoms with Crippen LogP contribution in [0.15, 0.2) is 16.9 Å². The standard InChI is InChI=1S/C15H17F3N4O2/c1-8-5-9(2)12(10(3)6-8)19-11(23)7-22-14(24)21(4)13(20-22)15(16,17)18/h5-6H,7H2,1-4H3,(H,19,23). The Morgan fingerprint density at radius 1 is 1.21 bits per heavy atom. The van der Waals surface area contributed by atoms with Gasteiger partial charge in [-0.3, -0.25) is 9.36 Å². The van der Waals surface area contributed by atoms with Gasteiger partial charge in [-0.1, -0.05) is 17.7 Å². The number of halogens is 3. The summed E-state index contributed by atoms with van der Waals surface area (Å²) in [5, 5.41) is 5.82. The number of hydrogen-bond donors (Lipinski definition) is 1. The van der Waals surface area contributed by atoms with E-state index in [0.29, 0.717) is 14.9 Å². The Labute approximate surface area is 135 Å². The summed E-state index contributed by atoms with van der Waals surface area (Å²) >= 11 is 0. The first-order valence-corrected chi connectivity index (χ1v) is 7.09. The van der Waals surface area contributed by atoms with Crippen molar-refractivity contribution in [2.24, 2.45) is 7.05 Å². The second-order valence-electron chi connectivity index (χ2n) is 5.64. The van der Waals surface area contributed by atoms with Crippen LogP contribution in [-0.4, -0.2) is 20.3 Å². The lowest BCUT2D eigenvalue weighted by Gasteiger charge is -2.12. The zero-order valence-electron chi connectivity index (χ0n) is 13.7. The predicted molar refractivity (Wildman–Crippen MR) is 81.8 cm³/mol. The number of alkyl halides is 3. The van der Waals surface area contributed by atoms with Gasteiger partial charge in [0.05, 0.1) is 0 Å². The highest BCUT2D eigenvalue weighted by Crippen LogP contribution is 2.26. The van der Waals surface area contributed by atoms with Crippen LogP contribution in [0.1, 0.15) is 22.5 Å². The molecule has 24 heavy (non-hydrogen) atoms. The molecule has 1 amide bonds. The smallest absolute Gasteiger partial charge is 0.324 e. The molecule has 0 fully saturated rings. The maximum Gasteiger partial charge on any atom is 0.451 e.